The van der Waals surface area contributed by atoms with Gasteiger partial charge in [-0.25, -0.2) is 18.0 Å². The van der Waals surface area contributed by atoms with Crippen LogP contribution in [0.4, 0.5) is 13.2 Å². The van der Waals surface area contributed by atoms with E-state index in [2.05, 4.69) is 0 Å². The fourth-order valence-corrected chi connectivity index (χ4v) is 2.91. The molecule has 0 saturated carbocycles. The third-order valence-corrected chi connectivity index (χ3v) is 4.15. The molecule has 3 rings (SSSR count). The van der Waals surface area contributed by atoms with Gasteiger partial charge in [0.2, 0.25) is 6.17 Å². The highest BCUT2D eigenvalue weighted by Gasteiger charge is 2.39. The molecule has 2 aromatic carbocycles. The van der Waals surface area contributed by atoms with Gasteiger partial charge in [-0.1, -0.05) is 55.8 Å². The van der Waals surface area contributed by atoms with Crippen molar-refractivity contribution in [1.82, 2.24) is 0 Å². The lowest BCUT2D eigenvalue weighted by Crippen LogP contribution is -2.39. The third-order valence-electron chi connectivity index (χ3n) is 3.83. The zero-order chi connectivity index (χ0) is 20.1. The van der Waals surface area contributed by atoms with Gasteiger partial charge in [0.1, 0.15) is 5.75 Å². The van der Waals surface area contributed by atoms with E-state index in [9.17, 15) is 23.1 Å². The van der Waals surface area contributed by atoms with Crippen LogP contribution < -0.4 is 4.74 Å². The Morgan fingerprint density at radius 2 is 1.78 bits per heavy atom. The molecule has 1 aliphatic rings. The van der Waals surface area contributed by atoms with E-state index in [0.717, 1.165) is 11.6 Å². The van der Waals surface area contributed by atoms with Crippen LogP contribution in [0.5, 0.6) is 5.75 Å². The van der Waals surface area contributed by atoms with Crippen LogP contribution in [-0.4, -0.2) is 29.8 Å². The molecule has 144 valence electrons. The number of hydrogen-bond donors (Lipinski definition) is 1. The van der Waals surface area contributed by atoms with E-state index in [-0.39, 0.29) is 5.75 Å². The molecule has 0 aromatic heterocycles. The number of hydrogen-bond acceptors (Lipinski definition) is 2. The van der Waals surface area contributed by atoms with E-state index in [4.69, 9.17) is 16.3 Å². The maximum absolute atomic E-state index is 13.8. The van der Waals surface area contributed by atoms with Crippen LogP contribution in [0, 0.1) is 0 Å². The van der Waals surface area contributed by atoms with Crippen LogP contribution in [-0.2, 0) is 4.79 Å². The fraction of sp³-hybridized carbons (Fsp3) is 0.250. The summed E-state index contributed by atoms with van der Waals surface area (Å²) in [5, 5.41) is 9.51. The number of fused-ring (bicyclic) bond motifs is 1. The Morgan fingerprint density at radius 3 is 2.33 bits per heavy atom. The van der Waals surface area contributed by atoms with Gasteiger partial charge in [0.15, 0.2) is 6.10 Å². The van der Waals surface area contributed by atoms with Gasteiger partial charge in [0.25, 0.3) is 6.43 Å². The molecule has 0 amide bonds. The smallest absolute Gasteiger partial charge is 0.335 e. The molecule has 2 aromatic rings. The Labute approximate surface area is 160 Å². The number of carboxylic acids is 1. The first-order valence-electron chi connectivity index (χ1n) is 8.31. The van der Waals surface area contributed by atoms with Gasteiger partial charge in [-0.3, -0.25) is 0 Å². The Bertz CT molecular complexity index is 838. The van der Waals surface area contributed by atoms with Gasteiger partial charge in [0.05, 0.1) is 5.57 Å². The van der Waals surface area contributed by atoms with Crippen molar-refractivity contribution in [2.45, 2.75) is 32.5 Å². The number of carbonyl (C=O) groups is 1. The van der Waals surface area contributed by atoms with Crippen LogP contribution in [0.1, 0.15) is 19.4 Å². The standard InChI is InChI=1S/C18H12ClF3O3.C2H6/c19-13-7-10-6-12(18(23)24)16(15(20)17(21)22)25-14(10)8-11(13)9-4-2-1-3-5-9;1-2/h1-8,15-17H,(H,23,24);1-2H3. The lowest BCUT2D eigenvalue weighted by Gasteiger charge is -2.28. The largest absolute Gasteiger partial charge is 0.481 e. The van der Waals surface area contributed by atoms with Crippen molar-refractivity contribution in [3.8, 4) is 16.9 Å². The molecule has 1 N–H and O–H groups in total. The van der Waals surface area contributed by atoms with E-state index in [1.165, 1.54) is 12.1 Å². The summed E-state index contributed by atoms with van der Waals surface area (Å²) in [5.41, 5.74) is 1.04. The van der Waals surface area contributed by atoms with Crippen LogP contribution in [0.3, 0.4) is 0 Å². The molecule has 1 heterocycles. The zero-order valence-corrected chi connectivity index (χ0v) is 15.4. The zero-order valence-electron chi connectivity index (χ0n) is 14.6. The Hall–Kier alpha value is -2.47. The fourth-order valence-electron chi connectivity index (χ4n) is 2.62. The predicted molar refractivity (Wildman–Crippen MR) is 99.2 cm³/mol. The molecule has 0 aliphatic carbocycles. The summed E-state index contributed by atoms with van der Waals surface area (Å²) >= 11 is 6.25. The van der Waals surface area contributed by atoms with Crippen molar-refractivity contribution in [3.05, 3.63) is 58.6 Å². The maximum atomic E-state index is 13.8. The predicted octanol–water partition coefficient (Wildman–Crippen LogP) is 5.87. The van der Waals surface area contributed by atoms with E-state index >= 15 is 0 Å². The molecule has 0 bridgehead atoms. The van der Waals surface area contributed by atoms with Crippen LogP contribution in [0.25, 0.3) is 17.2 Å². The highest BCUT2D eigenvalue weighted by atomic mass is 35.5. The van der Waals surface area contributed by atoms with Gasteiger partial charge in [0, 0.05) is 16.1 Å². The van der Waals surface area contributed by atoms with Crippen molar-refractivity contribution in [3.63, 3.8) is 0 Å². The van der Waals surface area contributed by atoms with E-state index in [1.54, 1.807) is 24.3 Å². The summed E-state index contributed by atoms with van der Waals surface area (Å²) in [4.78, 5) is 11.3. The maximum Gasteiger partial charge on any atom is 0.335 e. The minimum Gasteiger partial charge on any atom is -0.481 e. The molecule has 3 nitrogen and oxygen atoms in total. The van der Waals surface area contributed by atoms with E-state index in [1.807, 2.05) is 19.9 Å². The van der Waals surface area contributed by atoms with Crippen LogP contribution >= 0.6 is 11.6 Å². The van der Waals surface area contributed by atoms with E-state index in [0.29, 0.717) is 16.1 Å². The number of halogens is 4. The van der Waals surface area contributed by atoms with Crippen LogP contribution in [0.15, 0.2) is 48.0 Å². The molecule has 0 spiro atoms. The molecule has 27 heavy (non-hydrogen) atoms. The minimum atomic E-state index is -3.37. The lowest BCUT2D eigenvalue weighted by molar-refractivity contribution is -0.134. The first-order valence-corrected chi connectivity index (χ1v) is 8.69. The molecule has 2 atom stereocenters. The van der Waals surface area contributed by atoms with Gasteiger partial charge in [-0.2, -0.15) is 0 Å². The summed E-state index contributed by atoms with van der Waals surface area (Å²) in [7, 11) is 0. The van der Waals surface area contributed by atoms with Gasteiger partial charge in [-0.15, -0.1) is 0 Å². The average molecular weight is 399 g/mol. The summed E-state index contributed by atoms with van der Waals surface area (Å²) in [6.07, 6.45) is -6.90. The number of rotatable bonds is 4. The highest BCUT2D eigenvalue weighted by Crippen LogP contribution is 2.39. The Kier molecular flexibility index (Phi) is 6.91. The van der Waals surface area contributed by atoms with Crippen molar-refractivity contribution >= 4 is 23.6 Å². The molecular weight excluding hydrogens is 381 g/mol. The molecular formula is C20H18ClF3O3. The van der Waals surface area contributed by atoms with Crippen molar-refractivity contribution < 1.29 is 27.8 Å². The monoisotopic (exact) mass is 398 g/mol. The van der Waals surface area contributed by atoms with Crippen molar-refractivity contribution in [2.24, 2.45) is 0 Å². The summed E-state index contributed by atoms with van der Waals surface area (Å²) < 4.78 is 44.6. The molecule has 0 fully saturated rings. The second-order valence-corrected chi connectivity index (χ2v) is 5.87. The number of carboxylic acid groups (broad SMARTS) is 1. The molecule has 7 heteroatoms. The first-order chi connectivity index (χ1) is 12.9. The van der Waals surface area contributed by atoms with Gasteiger partial charge >= 0.3 is 5.97 Å². The van der Waals surface area contributed by atoms with Gasteiger partial charge < -0.3 is 9.84 Å². The van der Waals surface area contributed by atoms with Crippen molar-refractivity contribution in [1.29, 1.82) is 0 Å². The Morgan fingerprint density at radius 1 is 1.15 bits per heavy atom. The summed E-state index contributed by atoms with van der Waals surface area (Å²) in [6.45, 7) is 4.00. The first kappa shape index (κ1) is 20.8. The number of alkyl halides is 3. The SMILES string of the molecule is CC.O=C(O)C1=Cc2cc(Cl)c(-c3ccccc3)cc2OC1C(F)C(F)F. The average Bonchev–Trinajstić information content (AvgIpc) is 2.68. The van der Waals surface area contributed by atoms with Crippen LogP contribution in [0.2, 0.25) is 5.02 Å². The molecule has 0 saturated heterocycles. The number of ether oxygens (including phenoxy) is 1. The molecule has 0 radical (unpaired) electrons. The third kappa shape index (κ3) is 4.45. The second kappa shape index (κ2) is 8.95. The summed E-state index contributed by atoms with van der Waals surface area (Å²) in [5.74, 6) is -1.43. The number of benzene rings is 2. The van der Waals surface area contributed by atoms with Crippen molar-refractivity contribution in [2.75, 3.05) is 0 Å². The summed E-state index contributed by atoms with van der Waals surface area (Å²) in [6, 6.07) is 12.0. The topological polar surface area (TPSA) is 46.5 Å². The van der Waals surface area contributed by atoms with Gasteiger partial charge in [-0.05, 0) is 23.8 Å². The highest BCUT2D eigenvalue weighted by molar-refractivity contribution is 6.33. The number of aliphatic carboxylic acids is 1. The lowest BCUT2D eigenvalue weighted by atomic mass is 9.96. The molecule has 2 unspecified atom stereocenters. The normalized spacial score (nSPS) is 16.4. The minimum absolute atomic E-state index is 0.0987. The van der Waals surface area contributed by atoms with E-state index < -0.39 is 30.2 Å². The molecule has 1 aliphatic heterocycles. The Balaban J connectivity index is 0.00000126. The second-order valence-electron chi connectivity index (χ2n) is 5.46. The quantitative estimate of drug-likeness (QED) is 0.701.